The fraction of sp³-hybridized carbons (Fsp3) is 1.00. The Balaban J connectivity index is 3.16. The first kappa shape index (κ1) is 9.92. The van der Waals surface area contributed by atoms with Crippen LogP contribution in [0.3, 0.4) is 0 Å². The molecule has 56 valence electrons. The van der Waals surface area contributed by atoms with Crippen molar-refractivity contribution in [2.75, 3.05) is 6.61 Å². The quantitative estimate of drug-likeness (QED) is 0.769. The first-order chi connectivity index (χ1) is 4.18. The minimum atomic E-state index is 0.293. The third kappa shape index (κ3) is 5.37. The predicted molar refractivity (Wildman–Crippen MR) is 47.4 cm³/mol. The van der Waals surface area contributed by atoms with E-state index in [1.54, 1.807) is 0 Å². The van der Waals surface area contributed by atoms with Crippen molar-refractivity contribution in [3.63, 3.8) is 0 Å². The monoisotopic (exact) mass is 258 g/mol. The molecule has 9 heavy (non-hydrogen) atoms. The number of alkyl halides is 2. The molecule has 0 bridgehead atoms. The Labute approximate surface area is 73.1 Å². The van der Waals surface area contributed by atoms with Crippen LogP contribution in [0.25, 0.3) is 0 Å². The van der Waals surface area contributed by atoms with Crippen molar-refractivity contribution in [3.8, 4) is 0 Å². The highest BCUT2D eigenvalue weighted by Crippen LogP contribution is 2.17. The lowest BCUT2D eigenvalue weighted by atomic mass is 10.2. The van der Waals surface area contributed by atoms with Crippen LogP contribution in [0, 0.1) is 0 Å². The first-order valence-corrected chi connectivity index (χ1v) is 4.90. The van der Waals surface area contributed by atoms with Crippen molar-refractivity contribution in [1.29, 1.82) is 0 Å². The summed E-state index contributed by atoms with van der Waals surface area (Å²) in [5.74, 6) is 0. The maximum absolute atomic E-state index is 8.46. The molecule has 0 aliphatic rings. The molecule has 1 nitrogen and oxygen atoms in total. The summed E-state index contributed by atoms with van der Waals surface area (Å²) in [5.41, 5.74) is 0. The molecule has 0 aromatic heterocycles. The smallest absolute Gasteiger partial charge is 0.0431 e. The van der Waals surface area contributed by atoms with Crippen molar-refractivity contribution < 1.29 is 5.11 Å². The minimum Gasteiger partial charge on any atom is -0.396 e. The Morgan fingerprint density at radius 1 is 1.44 bits per heavy atom. The number of hydrogen-bond donors (Lipinski definition) is 1. The predicted octanol–water partition coefficient (Wildman–Crippen LogP) is 2.31. The zero-order valence-electron chi connectivity index (χ0n) is 5.48. The number of aliphatic hydroxyl groups excluding tert-OH is 1. The Hall–Kier alpha value is 0.920. The van der Waals surface area contributed by atoms with E-state index in [-0.39, 0.29) is 0 Å². The van der Waals surface area contributed by atoms with Crippen molar-refractivity contribution in [3.05, 3.63) is 0 Å². The van der Waals surface area contributed by atoms with Crippen molar-refractivity contribution in [2.45, 2.75) is 29.4 Å². The van der Waals surface area contributed by atoms with Crippen molar-refractivity contribution in [2.24, 2.45) is 0 Å². The summed E-state index contributed by atoms with van der Waals surface area (Å²) in [6.45, 7) is 2.39. The molecular weight excluding hydrogens is 248 g/mol. The summed E-state index contributed by atoms with van der Waals surface area (Å²) >= 11 is 6.93. The van der Waals surface area contributed by atoms with Crippen LogP contribution in [-0.4, -0.2) is 21.4 Å². The van der Waals surface area contributed by atoms with Gasteiger partial charge in [-0.2, -0.15) is 0 Å². The Morgan fingerprint density at radius 3 is 2.33 bits per heavy atom. The molecule has 0 amide bonds. The van der Waals surface area contributed by atoms with Crippen LogP contribution in [0.15, 0.2) is 0 Å². The Morgan fingerprint density at radius 2 is 2.00 bits per heavy atom. The molecule has 2 atom stereocenters. The molecule has 0 saturated carbocycles. The fourth-order valence-corrected chi connectivity index (χ4v) is 1.10. The van der Waals surface area contributed by atoms with Crippen LogP contribution >= 0.6 is 31.9 Å². The zero-order chi connectivity index (χ0) is 7.28. The van der Waals surface area contributed by atoms with Gasteiger partial charge in [-0.05, 0) is 12.8 Å². The van der Waals surface area contributed by atoms with Gasteiger partial charge >= 0.3 is 0 Å². The number of halogens is 2. The molecule has 0 aliphatic heterocycles. The third-order valence-electron chi connectivity index (χ3n) is 1.14. The van der Waals surface area contributed by atoms with E-state index in [2.05, 4.69) is 38.8 Å². The molecule has 0 saturated heterocycles. The maximum Gasteiger partial charge on any atom is 0.0431 e. The molecule has 2 unspecified atom stereocenters. The van der Waals surface area contributed by atoms with Gasteiger partial charge in [0.15, 0.2) is 0 Å². The summed E-state index contributed by atoms with van der Waals surface area (Å²) in [4.78, 5) is 0.980. The highest BCUT2D eigenvalue weighted by Gasteiger charge is 2.08. The van der Waals surface area contributed by atoms with Crippen molar-refractivity contribution >= 4 is 31.9 Å². The average Bonchev–Trinajstić information content (AvgIpc) is 1.82. The van der Waals surface area contributed by atoms with Gasteiger partial charge < -0.3 is 5.11 Å². The highest BCUT2D eigenvalue weighted by atomic mass is 79.9. The minimum absolute atomic E-state index is 0.293. The number of rotatable bonds is 4. The van der Waals surface area contributed by atoms with Gasteiger partial charge in [0, 0.05) is 16.3 Å². The van der Waals surface area contributed by atoms with E-state index < -0.39 is 0 Å². The molecular formula is C6H12Br2O. The van der Waals surface area contributed by atoms with Crippen LogP contribution < -0.4 is 0 Å². The maximum atomic E-state index is 8.46. The second-order valence-electron chi connectivity index (χ2n) is 2.06. The summed E-state index contributed by atoms with van der Waals surface area (Å²) < 4.78 is 0. The molecule has 0 aliphatic carbocycles. The SMILES string of the molecule is CC(Br)C(Br)CCCO. The van der Waals surface area contributed by atoms with Crippen LogP contribution in [-0.2, 0) is 0 Å². The van der Waals surface area contributed by atoms with Gasteiger partial charge in [0.05, 0.1) is 0 Å². The van der Waals surface area contributed by atoms with E-state index in [0.717, 1.165) is 12.8 Å². The van der Waals surface area contributed by atoms with Gasteiger partial charge in [0.2, 0.25) is 0 Å². The topological polar surface area (TPSA) is 20.2 Å². The standard InChI is InChI=1S/C6H12Br2O/c1-5(7)6(8)3-2-4-9/h5-6,9H,2-4H2,1H3. The normalized spacial score (nSPS) is 17.3. The van der Waals surface area contributed by atoms with Crippen LogP contribution in [0.5, 0.6) is 0 Å². The highest BCUT2D eigenvalue weighted by molar-refractivity contribution is 9.12. The molecule has 0 radical (unpaired) electrons. The average molecular weight is 260 g/mol. The third-order valence-corrected chi connectivity index (χ3v) is 3.73. The summed E-state index contributed by atoms with van der Waals surface area (Å²) in [6.07, 6.45) is 1.91. The van der Waals surface area contributed by atoms with E-state index in [4.69, 9.17) is 5.11 Å². The largest absolute Gasteiger partial charge is 0.396 e. The molecule has 0 fully saturated rings. The molecule has 0 spiro atoms. The van der Waals surface area contributed by atoms with E-state index in [1.807, 2.05) is 0 Å². The molecule has 0 aromatic rings. The van der Waals surface area contributed by atoms with Gasteiger partial charge in [0.25, 0.3) is 0 Å². The van der Waals surface area contributed by atoms with E-state index >= 15 is 0 Å². The lowest BCUT2D eigenvalue weighted by Crippen LogP contribution is -2.09. The van der Waals surface area contributed by atoms with Gasteiger partial charge in [-0.15, -0.1) is 0 Å². The molecule has 1 N–H and O–H groups in total. The molecule has 0 heterocycles. The molecule has 0 aromatic carbocycles. The van der Waals surface area contributed by atoms with Gasteiger partial charge in [0.1, 0.15) is 0 Å². The lowest BCUT2D eigenvalue weighted by molar-refractivity contribution is 0.284. The van der Waals surface area contributed by atoms with Crippen LogP contribution in [0.1, 0.15) is 19.8 Å². The van der Waals surface area contributed by atoms with Crippen LogP contribution in [0.2, 0.25) is 0 Å². The number of aliphatic hydroxyl groups is 1. The summed E-state index contributed by atoms with van der Waals surface area (Å²) in [6, 6.07) is 0. The Kier molecular flexibility index (Phi) is 6.27. The second kappa shape index (κ2) is 5.69. The van der Waals surface area contributed by atoms with Crippen LogP contribution in [0.4, 0.5) is 0 Å². The summed E-state index contributed by atoms with van der Waals surface area (Å²) in [5, 5.41) is 8.46. The summed E-state index contributed by atoms with van der Waals surface area (Å²) in [7, 11) is 0. The van der Waals surface area contributed by atoms with Crippen molar-refractivity contribution in [1.82, 2.24) is 0 Å². The fourth-order valence-electron chi connectivity index (χ4n) is 0.516. The Bertz CT molecular complexity index is 66.1. The van der Waals surface area contributed by atoms with E-state index in [0.29, 0.717) is 16.3 Å². The van der Waals surface area contributed by atoms with Gasteiger partial charge in [-0.1, -0.05) is 38.8 Å². The molecule has 0 rings (SSSR count). The molecule has 3 heteroatoms. The van der Waals surface area contributed by atoms with E-state index in [9.17, 15) is 0 Å². The first-order valence-electron chi connectivity index (χ1n) is 3.07. The van der Waals surface area contributed by atoms with Gasteiger partial charge in [-0.25, -0.2) is 0 Å². The number of hydrogen-bond acceptors (Lipinski definition) is 1. The second-order valence-corrected chi connectivity index (χ2v) is 4.68. The van der Waals surface area contributed by atoms with Gasteiger partial charge in [-0.3, -0.25) is 0 Å². The lowest BCUT2D eigenvalue weighted by Gasteiger charge is -2.09. The van der Waals surface area contributed by atoms with E-state index in [1.165, 1.54) is 0 Å². The zero-order valence-corrected chi connectivity index (χ0v) is 8.65.